The first kappa shape index (κ1) is 14.8. The number of aromatic nitrogens is 1. The minimum absolute atomic E-state index is 0.0393. The minimum Gasteiger partial charge on any atom is -0.322 e. The van der Waals surface area contributed by atoms with Crippen molar-refractivity contribution in [3.05, 3.63) is 63.9 Å². The second kappa shape index (κ2) is 5.24. The zero-order chi connectivity index (χ0) is 15.9. The molecule has 0 unspecified atom stereocenters. The molecule has 3 rings (SSSR count). The summed E-state index contributed by atoms with van der Waals surface area (Å²) in [7, 11) is -3.72. The summed E-state index contributed by atoms with van der Waals surface area (Å²) in [4.78, 5) is 14.1. The van der Waals surface area contributed by atoms with E-state index in [-0.39, 0.29) is 10.5 Å². The lowest BCUT2D eigenvalue weighted by atomic mass is 10.0. The van der Waals surface area contributed by atoms with Crippen molar-refractivity contribution < 1.29 is 8.42 Å². The van der Waals surface area contributed by atoms with E-state index >= 15 is 0 Å². The Morgan fingerprint density at radius 2 is 1.68 bits per heavy atom. The molecule has 3 aromatic rings. The molecular formula is C15H11ClN2O3S. The molecule has 112 valence electrons. The van der Waals surface area contributed by atoms with Crippen LogP contribution in [0.15, 0.2) is 58.2 Å². The Labute approximate surface area is 131 Å². The van der Waals surface area contributed by atoms with Gasteiger partial charge in [-0.1, -0.05) is 23.7 Å². The number of primary sulfonamides is 1. The topological polar surface area (TPSA) is 93.0 Å². The van der Waals surface area contributed by atoms with Gasteiger partial charge in [-0.15, -0.1) is 0 Å². The second-order valence-electron chi connectivity index (χ2n) is 4.81. The number of pyridine rings is 1. The van der Waals surface area contributed by atoms with Crippen LogP contribution in [0.25, 0.3) is 22.0 Å². The maximum absolute atomic E-state index is 11.3. The van der Waals surface area contributed by atoms with Crippen LogP contribution in [0.5, 0.6) is 0 Å². The maximum atomic E-state index is 11.3. The highest BCUT2D eigenvalue weighted by Gasteiger charge is 2.10. The number of aromatic amines is 1. The summed E-state index contributed by atoms with van der Waals surface area (Å²) >= 11 is 6.25. The fourth-order valence-corrected chi connectivity index (χ4v) is 3.01. The Morgan fingerprint density at radius 3 is 2.32 bits per heavy atom. The molecule has 5 nitrogen and oxygen atoms in total. The van der Waals surface area contributed by atoms with Gasteiger partial charge in [0.2, 0.25) is 15.6 Å². The largest absolute Gasteiger partial charge is 0.322 e. The van der Waals surface area contributed by atoms with Gasteiger partial charge in [-0.2, -0.15) is 0 Å². The van der Waals surface area contributed by atoms with Crippen molar-refractivity contribution in [1.29, 1.82) is 0 Å². The number of rotatable bonds is 2. The first-order chi connectivity index (χ1) is 10.3. The average molecular weight is 335 g/mol. The van der Waals surface area contributed by atoms with Gasteiger partial charge in [-0.3, -0.25) is 4.79 Å². The molecule has 0 atom stereocenters. The number of halogens is 1. The summed E-state index contributed by atoms with van der Waals surface area (Å²) in [5.74, 6) is 0. The van der Waals surface area contributed by atoms with Crippen LogP contribution in [-0.2, 0) is 10.0 Å². The highest BCUT2D eigenvalue weighted by Crippen LogP contribution is 2.31. The normalized spacial score (nSPS) is 11.7. The number of H-pyrrole nitrogens is 1. The fraction of sp³-hybridized carbons (Fsp3) is 0. The fourth-order valence-electron chi connectivity index (χ4n) is 2.22. The molecule has 0 saturated carbocycles. The third-order valence-electron chi connectivity index (χ3n) is 3.31. The predicted octanol–water partition coefficient (Wildman–Crippen LogP) is 2.50. The molecule has 7 heteroatoms. The monoisotopic (exact) mass is 334 g/mol. The van der Waals surface area contributed by atoms with Crippen molar-refractivity contribution in [1.82, 2.24) is 4.98 Å². The van der Waals surface area contributed by atoms with Gasteiger partial charge < -0.3 is 4.98 Å². The molecule has 0 aliphatic carbocycles. The number of nitrogens with two attached hydrogens (primary N) is 1. The Morgan fingerprint density at radius 1 is 1.00 bits per heavy atom. The van der Waals surface area contributed by atoms with Gasteiger partial charge in [0, 0.05) is 17.1 Å². The van der Waals surface area contributed by atoms with E-state index in [0.29, 0.717) is 10.5 Å². The lowest BCUT2D eigenvalue weighted by Gasteiger charge is -2.08. The molecule has 0 spiro atoms. The smallest absolute Gasteiger partial charge is 0.248 e. The van der Waals surface area contributed by atoms with Crippen LogP contribution in [0.1, 0.15) is 0 Å². The zero-order valence-electron chi connectivity index (χ0n) is 11.2. The van der Waals surface area contributed by atoms with Crippen LogP contribution in [0.2, 0.25) is 5.02 Å². The molecule has 0 amide bonds. The van der Waals surface area contributed by atoms with E-state index in [4.69, 9.17) is 16.7 Å². The second-order valence-corrected chi connectivity index (χ2v) is 6.78. The van der Waals surface area contributed by atoms with E-state index in [1.807, 2.05) is 6.07 Å². The van der Waals surface area contributed by atoms with Crippen LogP contribution >= 0.6 is 11.6 Å². The summed E-state index contributed by atoms with van der Waals surface area (Å²) in [6.45, 7) is 0. The number of sulfonamides is 1. The summed E-state index contributed by atoms with van der Waals surface area (Å²) in [6, 6.07) is 12.8. The molecule has 0 saturated heterocycles. The zero-order valence-corrected chi connectivity index (χ0v) is 12.8. The molecule has 1 aromatic heterocycles. The van der Waals surface area contributed by atoms with Gasteiger partial charge in [-0.05, 0) is 41.3 Å². The van der Waals surface area contributed by atoms with Gasteiger partial charge >= 0.3 is 0 Å². The molecule has 0 bridgehead atoms. The average Bonchev–Trinajstić information content (AvgIpc) is 2.45. The summed E-state index contributed by atoms with van der Waals surface area (Å²) in [5.41, 5.74) is 1.93. The van der Waals surface area contributed by atoms with Crippen LogP contribution < -0.4 is 10.7 Å². The number of hydrogen-bond acceptors (Lipinski definition) is 3. The quantitative estimate of drug-likeness (QED) is 0.754. The van der Waals surface area contributed by atoms with Crippen molar-refractivity contribution >= 4 is 32.5 Å². The summed E-state index contributed by atoms with van der Waals surface area (Å²) < 4.78 is 22.5. The van der Waals surface area contributed by atoms with Crippen LogP contribution in [0.4, 0.5) is 0 Å². The third kappa shape index (κ3) is 2.76. The lowest BCUT2D eigenvalue weighted by Crippen LogP contribution is -2.11. The maximum Gasteiger partial charge on any atom is 0.248 e. The molecule has 22 heavy (non-hydrogen) atoms. The van der Waals surface area contributed by atoms with Gasteiger partial charge in [0.25, 0.3) is 0 Å². The molecule has 1 heterocycles. The molecular weight excluding hydrogens is 324 g/mol. The molecule has 0 radical (unpaired) electrons. The Hall–Kier alpha value is -2.15. The minimum atomic E-state index is -3.72. The molecule has 0 aliphatic heterocycles. The number of fused-ring (bicyclic) bond motifs is 1. The van der Waals surface area contributed by atoms with Crippen molar-refractivity contribution in [3.8, 4) is 11.1 Å². The van der Waals surface area contributed by atoms with E-state index in [9.17, 15) is 13.2 Å². The van der Waals surface area contributed by atoms with Gasteiger partial charge in [0.1, 0.15) is 0 Å². The van der Waals surface area contributed by atoms with Crippen molar-refractivity contribution in [2.24, 2.45) is 5.14 Å². The Bertz CT molecular complexity index is 1020. The lowest BCUT2D eigenvalue weighted by molar-refractivity contribution is 0.598. The van der Waals surface area contributed by atoms with Gasteiger partial charge in [0.15, 0.2) is 0 Å². The van der Waals surface area contributed by atoms with E-state index in [1.165, 1.54) is 18.2 Å². The van der Waals surface area contributed by atoms with Crippen LogP contribution in [0, 0.1) is 0 Å². The standard InChI is InChI=1S/C15H11ClN2O3S/c16-13-8-14-10(3-6-15(19)18-14)7-12(13)9-1-4-11(5-2-9)22(17,20)21/h1-8H,(H,18,19)(H2,17,20,21). The first-order valence-electron chi connectivity index (χ1n) is 6.30. The highest BCUT2D eigenvalue weighted by atomic mass is 35.5. The van der Waals surface area contributed by atoms with Crippen LogP contribution in [-0.4, -0.2) is 13.4 Å². The number of benzene rings is 2. The first-order valence-corrected chi connectivity index (χ1v) is 8.23. The van der Waals surface area contributed by atoms with E-state index in [2.05, 4.69) is 4.98 Å². The van der Waals surface area contributed by atoms with E-state index < -0.39 is 10.0 Å². The van der Waals surface area contributed by atoms with Gasteiger partial charge in [0.05, 0.1) is 9.92 Å². The predicted molar refractivity (Wildman–Crippen MR) is 86.4 cm³/mol. The molecule has 0 aliphatic rings. The summed E-state index contributed by atoms with van der Waals surface area (Å²) in [6.07, 6.45) is 0. The third-order valence-corrected chi connectivity index (χ3v) is 4.55. The number of nitrogens with one attached hydrogen (secondary N) is 1. The van der Waals surface area contributed by atoms with E-state index in [0.717, 1.165) is 16.5 Å². The molecule has 2 aromatic carbocycles. The van der Waals surface area contributed by atoms with Crippen molar-refractivity contribution in [3.63, 3.8) is 0 Å². The molecule has 3 N–H and O–H groups in total. The van der Waals surface area contributed by atoms with Gasteiger partial charge in [-0.25, -0.2) is 13.6 Å². The highest BCUT2D eigenvalue weighted by molar-refractivity contribution is 7.89. The SMILES string of the molecule is NS(=O)(=O)c1ccc(-c2cc3ccc(=O)[nH]c3cc2Cl)cc1. The van der Waals surface area contributed by atoms with Crippen molar-refractivity contribution in [2.75, 3.05) is 0 Å². The van der Waals surface area contributed by atoms with Crippen molar-refractivity contribution in [2.45, 2.75) is 4.90 Å². The van der Waals surface area contributed by atoms with Crippen LogP contribution in [0.3, 0.4) is 0 Å². The van der Waals surface area contributed by atoms with E-state index in [1.54, 1.807) is 24.3 Å². The molecule has 0 fully saturated rings. The summed E-state index contributed by atoms with van der Waals surface area (Å²) in [5, 5.41) is 6.36. The number of hydrogen-bond donors (Lipinski definition) is 2. The Kier molecular flexibility index (Phi) is 3.52. The Balaban J connectivity index is 2.15.